The van der Waals surface area contributed by atoms with E-state index in [9.17, 15) is 9.90 Å². The topological polar surface area (TPSA) is 61.8 Å². The number of hydrogen-bond donors (Lipinski definition) is 2. The maximum absolute atomic E-state index is 12.2. The van der Waals surface area contributed by atoms with Crippen molar-refractivity contribution in [1.29, 1.82) is 0 Å². The van der Waals surface area contributed by atoms with E-state index in [4.69, 9.17) is 4.74 Å². The van der Waals surface area contributed by atoms with Gasteiger partial charge in [0.2, 0.25) is 0 Å². The quantitative estimate of drug-likeness (QED) is 0.782. The Morgan fingerprint density at radius 3 is 2.76 bits per heavy atom. The van der Waals surface area contributed by atoms with Gasteiger partial charge in [-0.3, -0.25) is 4.79 Å². The van der Waals surface area contributed by atoms with Gasteiger partial charge in [-0.1, -0.05) is 0 Å². The monoisotopic (exact) mass is 236 g/mol. The first-order valence-electron chi connectivity index (χ1n) is 5.59. The molecule has 0 saturated carbocycles. The van der Waals surface area contributed by atoms with Gasteiger partial charge in [-0.15, -0.1) is 0 Å². The lowest BCUT2D eigenvalue weighted by Gasteiger charge is -2.27. The molecule has 1 amide bonds. The number of piperazine rings is 1. The van der Waals surface area contributed by atoms with Crippen molar-refractivity contribution in [3.8, 4) is 11.5 Å². The summed E-state index contributed by atoms with van der Waals surface area (Å²) in [6.07, 6.45) is 0. The van der Waals surface area contributed by atoms with Crippen LogP contribution in [-0.4, -0.2) is 49.2 Å². The van der Waals surface area contributed by atoms with E-state index >= 15 is 0 Å². The fourth-order valence-electron chi connectivity index (χ4n) is 1.85. The maximum atomic E-state index is 12.2. The van der Waals surface area contributed by atoms with E-state index in [1.807, 2.05) is 0 Å². The standard InChI is InChI=1S/C12H16N2O3/c1-17-9-2-3-11(15)10(8-9)12(16)14-6-4-13-5-7-14/h2-3,8,13,15H,4-7H2,1H3. The molecule has 17 heavy (non-hydrogen) atoms. The predicted octanol–water partition coefficient (Wildman–Crippen LogP) is 0.446. The van der Waals surface area contributed by atoms with Crippen molar-refractivity contribution in [3.05, 3.63) is 23.8 Å². The summed E-state index contributed by atoms with van der Waals surface area (Å²) < 4.78 is 5.05. The molecule has 2 N–H and O–H groups in total. The summed E-state index contributed by atoms with van der Waals surface area (Å²) in [6, 6.07) is 4.68. The smallest absolute Gasteiger partial charge is 0.257 e. The highest BCUT2D eigenvalue weighted by Gasteiger charge is 2.21. The Balaban J connectivity index is 2.22. The summed E-state index contributed by atoms with van der Waals surface area (Å²) >= 11 is 0. The molecule has 0 radical (unpaired) electrons. The second-order valence-corrected chi connectivity index (χ2v) is 3.93. The number of hydrogen-bond acceptors (Lipinski definition) is 4. The van der Waals surface area contributed by atoms with E-state index < -0.39 is 0 Å². The molecule has 0 aromatic heterocycles. The zero-order valence-corrected chi connectivity index (χ0v) is 9.77. The fraction of sp³-hybridized carbons (Fsp3) is 0.417. The molecular weight excluding hydrogens is 220 g/mol. The number of benzene rings is 1. The van der Waals surface area contributed by atoms with Crippen molar-refractivity contribution >= 4 is 5.91 Å². The van der Waals surface area contributed by atoms with Crippen molar-refractivity contribution in [2.45, 2.75) is 0 Å². The number of methoxy groups -OCH3 is 1. The van der Waals surface area contributed by atoms with Gasteiger partial charge >= 0.3 is 0 Å². The lowest BCUT2D eigenvalue weighted by Crippen LogP contribution is -2.46. The molecule has 1 aliphatic rings. The number of carbonyl (C=O) groups excluding carboxylic acids is 1. The minimum atomic E-state index is -0.150. The number of ether oxygens (including phenoxy) is 1. The minimum Gasteiger partial charge on any atom is -0.507 e. The summed E-state index contributed by atoms with van der Waals surface area (Å²) in [4.78, 5) is 13.9. The molecule has 0 atom stereocenters. The molecule has 1 aliphatic heterocycles. The molecule has 1 aromatic rings. The van der Waals surface area contributed by atoms with Crippen molar-refractivity contribution in [3.63, 3.8) is 0 Å². The number of nitrogens with one attached hydrogen (secondary N) is 1. The Morgan fingerprint density at radius 1 is 1.41 bits per heavy atom. The molecule has 1 fully saturated rings. The van der Waals surface area contributed by atoms with Crippen LogP contribution >= 0.6 is 0 Å². The Hall–Kier alpha value is -1.75. The van der Waals surface area contributed by atoms with Gasteiger partial charge in [0.15, 0.2) is 0 Å². The zero-order valence-electron chi connectivity index (χ0n) is 9.77. The van der Waals surface area contributed by atoms with Crippen LogP contribution in [-0.2, 0) is 0 Å². The van der Waals surface area contributed by atoms with E-state index in [0.717, 1.165) is 13.1 Å². The van der Waals surface area contributed by atoms with Crippen LogP contribution in [0.2, 0.25) is 0 Å². The SMILES string of the molecule is COc1ccc(O)c(C(=O)N2CCNCC2)c1. The number of amides is 1. The van der Waals surface area contributed by atoms with E-state index in [1.165, 1.54) is 13.2 Å². The van der Waals surface area contributed by atoms with Crippen molar-refractivity contribution in [2.24, 2.45) is 0 Å². The lowest BCUT2D eigenvalue weighted by atomic mass is 10.1. The van der Waals surface area contributed by atoms with Gasteiger partial charge in [0.05, 0.1) is 12.7 Å². The number of nitrogens with zero attached hydrogens (tertiary/aromatic N) is 1. The third-order valence-corrected chi connectivity index (χ3v) is 2.84. The number of phenols is 1. The summed E-state index contributed by atoms with van der Waals surface area (Å²) in [5.41, 5.74) is 0.297. The Bertz CT molecular complexity index is 414. The van der Waals surface area contributed by atoms with Gasteiger partial charge in [0, 0.05) is 26.2 Å². The van der Waals surface area contributed by atoms with Crippen LogP contribution in [0.15, 0.2) is 18.2 Å². The van der Waals surface area contributed by atoms with Crippen LogP contribution in [0, 0.1) is 0 Å². The molecule has 0 unspecified atom stereocenters. The minimum absolute atomic E-state index is 0.00525. The van der Waals surface area contributed by atoms with Crippen LogP contribution in [0.4, 0.5) is 0 Å². The average Bonchev–Trinajstić information content (AvgIpc) is 2.39. The van der Waals surface area contributed by atoms with Crippen LogP contribution < -0.4 is 10.1 Å². The lowest BCUT2D eigenvalue weighted by molar-refractivity contribution is 0.0732. The van der Waals surface area contributed by atoms with E-state index in [2.05, 4.69) is 5.32 Å². The van der Waals surface area contributed by atoms with E-state index in [0.29, 0.717) is 24.4 Å². The maximum Gasteiger partial charge on any atom is 0.257 e. The largest absolute Gasteiger partial charge is 0.507 e. The molecule has 5 nitrogen and oxygen atoms in total. The fourth-order valence-corrected chi connectivity index (χ4v) is 1.85. The third-order valence-electron chi connectivity index (χ3n) is 2.84. The summed E-state index contributed by atoms with van der Waals surface area (Å²) in [6.45, 7) is 2.90. The predicted molar refractivity (Wildman–Crippen MR) is 63.4 cm³/mol. The van der Waals surface area contributed by atoms with E-state index in [-0.39, 0.29) is 11.7 Å². The Kier molecular flexibility index (Phi) is 3.49. The summed E-state index contributed by atoms with van der Waals surface area (Å²) in [5.74, 6) is 0.415. The molecular formula is C12H16N2O3. The van der Waals surface area contributed by atoms with E-state index in [1.54, 1.807) is 17.0 Å². The third kappa shape index (κ3) is 2.50. The molecule has 0 aliphatic carbocycles. The average molecular weight is 236 g/mol. The van der Waals surface area contributed by atoms with Crippen LogP contribution in [0.5, 0.6) is 11.5 Å². The highest BCUT2D eigenvalue weighted by molar-refractivity contribution is 5.97. The Labute approximate surface area is 100.0 Å². The molecule has 5 heteroatoms. The van der Waals surface area contributed by atoms with Crippen molar-refractivity contribution in [1.82, 2.24) is 10.2 Å². The number of rotatable bonds is 2. The molecule has 2 rings (SSSR count). The second-order valence-electron chi connectivity index (χ2n) is 3.93. The number of phenolic OH excluding ortho intramolecular Hbond substituents is 1. The summed E-state index contributed by atoms with van der Waals surface area (Å²) in [5, 5.41) is 12.9. The van der Waals surface area contributed by atoms with Crippen LogP contribution in [0.1, 0.15) is 10.4 Å². The normalized spacial score (nSPS) is 15.7. The number of carbonyl (C=O) groups is 1. The van der Waals surface area contributed by atoms with Gasteiger partial charge in [-0.2, -0.15) is 0 Å². The molecule has 1 aromatic carbocycles. The van der Waals surface area contributed by atoms with Crippen molar-refractivity contribution < 1.29 is 14.6 Å². The molecule has 92 valence electrons. The Morgan fingerprint density at radius 2 is 2.12 bits per heavy atom. The number of aromatic hydroxyl groups is 1. The van der Waals surface area contributed by atoms with Gasteiger partial charge in [-0.05, 0) is 18.2 Å². The first kappa shape index (κ1) is 11.7. The molecule has 1 saturated heterocycles. The van der Waals surface area contributed by atoms with Crippen molar-refractivity contribution in [2.75, 3.05) is 33.3 Å². The first-order valence-corrected chi connectivity index (χ1v) is 5.59. The van der Waals surface area contributed by atoms with Crippen LogP contribution in [0.25, 0.3) is 0 Å². The van der Waals surface area contributed by atoms with Gasteiger partial charge in [-0.25, -0.2) is 0 Å². The molecule has 0 spiro atoms. The highest BCUT2D eigenvalue weighted by Crippen LogP contribution is 2.24. The molecule has 1 heterocycles. The second kappa shape index (κ2) is 5.05. The highest BCUT2D eigenvalue weighted by atomic mass is 16.5. The van der Waals surface area contributed by atoms with Gasteiger partial charge in [0.1, 0.15) is 11.5 Å². The zero-order chi connectivity index (χ0) is 12.3. The summed E-state index contributed by atoms with van der Waals surface area (Å²) in [7, 11) is 1.53. The first-order chi connectivity index (χ1) is 8.22. The van der Waals surface area contributed by atoms with Crippen LogP contribution in [0.3, 0.4) is 0 Å². The van der Waals surface area contributed by atoms with Gasteiger partial charge in [0.25, 0.3) is 5.91 Å². The molecule has 0 bridgehead atoms. The van der Waals surface area contributed by atoms with Gasteiger partial charge < -0.3 is 20.1 Å².